The van der Waals surface area contributed by atoms with Gasteiger partial charge >= 0.3 is 5.97 Å². The minimum Gasteiger partial charge on any atom is -0.482 e. The fraction of sp³-hybridized carbons (Fsp3) is 0.185. The highest BCUT2D eigenvalue weighted by Crippen LogP contribution is 2.43. The number of nitrogens with zero attached hydrogens (tertiary/aromatic N) is 1. The number of rotatable bonds is 6. The van der Waals surface area contributed by atoms with Crippen LogP contribution in [-0.4, -0.2) is 12.6 Å². The van der Waals surface area contributed by atoms with Gasteiger partial charge < -0.3 is 19.9 Å². The summed E-state index contributed by atoms with van der Waals surface area (Å²) >= 11 is 6.17. The van der Waals surface area contributed by atoms with Crippen molar-refractivity contribution in [3.63, 3.8) is 0 Å². The molecule has 34 heavy (non-hydrogen) atoms. The summed E-state index contributed by atoms with van der Waals surface area (Å²) in [5.41, 5.74) is 9.03. The van der Waals surface area contributed by atoms with E-state index in [0.717, 1.165) is 5.56 Å². The topological polar surface area (TPSA) is 94.6 Å². The van der Waals surface area contributed by atoms with Gasteiger partial charge in [-0.05, 0) is 47.4 Å². The molecule has 1 aliphatic heterocycles. The third-order valence-corrected chi connectivity index (χ3v) is 5.74. The normalized spacial score (nSPS) is 14.7. The summed E-state index contributed by atoms with van der Waals surface area (Å²) in [4.78, 5) is 12.3. The summed E-state index contributed by atoms with van der Waals surface area (Å²) in [6, 6.07) is 21.9. The van der Waals surface area contributed by atoms with Crippen LogP contribution in [0.25, 0.3) is 0 Å². The molecule has 1 atom stereocenters. The standard InChI is InChI=1S/C27H23ClN2O4/c1-16(2)17-6-8-20(9-7-17)32-15-25(31)33-21-10-11-22-24(13-21)34-27(30)23(14-29)26(22)18-4-3-5-19(28)12-18/h3-13,16,26H,15,30H2,1-2H3. The molecule has 172 valence electrons. The Morgan fingerprint density at radius 1 is 1.12 bits per heavy atom. The van der Waals surface area contributed by atoms with Gasteiger partial charge in [-0.15, -0.1) is 0 Å². The van der Waals surface area contributed by atoms with E-state index in [9.17, 15) is 10.1 Å². The molecule has 3 aromatic rings. The molecule has 0 spiro atoms. The van der Waals surface area contributed by atoms with Crippen LogP contribution in [-0.2, 0) is 4.79 Å². The molecule has 0 radical (unpaired) electrons. The molecule has 0 aromatic heterocycles. The van der Waals surface area contributed by atoms with Gasteiger partial charge in [-0.1, -0.05) is 55.8 Å². The van der Waals surface area contributed by atoms with E-state index >= 15 is 0 Å². The molecule has 1 heterocycles. The highest BCUT2D eigenvalue weighted by molar-refractivity contribution is 6.30. The Balaban J connectivity index is 1.50. The lowest BCUT2D eigenvalue weighted by atomic mass is 9.83. The predicted molar refractivity (Wildman–Crippen MR) is 129 cm³/mol. The highest BCUT2D eigenvalue weighted by atomic mass is 35.5. The molecule has 6 nitrogen and oxygen atoms in total. The van der Waals surface area contributed by atoms with Gasteiger partial charge in [0.2, 0.25) is 5.88 Å². The lowest BCUT2D eigenvalue weighted by molar-refractivity contribution is -0.136. The van der Waals surface area contributed by atoms with Crippen LogP contribution in [0.15, 0.2) is 78.2 Å². The number of halogens is 1. The lowest BCUT2D eigenvalue weighted by Gasteiger charge is -2.26. The molecule has 0 bridgehead atoms. The van der Waals surface area contributed by atoms with Crippen molar-refractivity contribution < 1.29 is 19.0 Å². The predicted octanol–water partition coefficient (Wildman–Crippen LogP) is 5.67. The summed E-state index contributed by atoms with van der Waals surface area (Å²) in [5.74, 6) is 0.665. The van der Waals surface area contributed by atoms with Gasteiger partial charge in [-0.25, -0.2) is 4.79 Å². The van der Waals surface area contributed by atoms with Crippen molar-refractivity contribution in [2.75, 3.05) is 6.61 Å². The van der Waals surface area contributed by atoms with Crippen LogP contribution in [0, 0.1) is 11.3 Å². The molecule has 3 aromatic carbocycles. The van der Waals surface area contributed by atoms with Gasteiger partial charge in [-0.3, -0.25) is 0 Å². The number of benzene rings is 3. The second-order valence-corrected chi connectivity index (χ2v) is 8.60. The Hall–Kier alpha value is -3.95. The van der Waals surface area contributed by atoms with Gasteiger partial charge in [0.25, 0.3) is 0 Å². The Bertz CT molecular complexity index is 1290. The minimum atomic E-state index is -0.559. The second-order valence-electron chi connectivity index (χ2n) is 8.17. The van der Waals surface area contributed by atoms with Crippen LogP contribution >= 0.6 is 11.6 Å². The number of hydrogen-bond acceptors (Lipinski definition) is 6. The van der Waals surface area contributed by atoms with E-state index in [2.05, 4.69) is 19.9 Å². The molecular weight excluding hydrogens is 452 g/mol. The first-order valence-electron chi connectivity index (χ1n) is 10.8. The van der Waals surface area contributed by atoms with E-state index in [-0.39, 0.29) is 23.8 Å². The number of esters is 1. The Labute approximate surface area is 203 Å². The summed E-state index contributed by atoms with van der Waals surface area (Å²) in [6.07, 6.45) is 0. The molecule has 7 heteroatoms. The number of fused-ring (bicyclic) bond motifs is 1. The van der Waals surface area contributed by atoms with Crippen molar-refractivity contribution in [2.45, 2.75) is 25.7 Å². The number of hydrogen-bond donors (Lipinski definition) is 1. The fourth-order valence-electron chi connectivity index (χ4n) is 3.78. The van der Waals surface area contributed by atoms with Crippen LogP contribution in [0.4, 0.5) is 0 Å². The Morgan fingerprint density at radius 2 is 1.85 bits per heavy atom. The van der Waals surface area contributed by atoms with Crippen LogP contribution in [0.2, 0.25) is 5.02 Å². The van der Waals surface area contributed by atoms with Crippen molar-refractivity contribution in [1.82, 2.24) is 0 Å². The van der Waals surface area contributed by atoms with Crippen LogP contribution in [0.1, 0.15) is 42.4 Å². The SMILES string of the molecule is CC(C)c1ccc(OCC(=O)Oc2ccc3c(c2)OC(N)=C(C#N)C3c2cccc(Cl)c2)cc1. The molecule has 4 rings (SSSR count). The molecule has 0 fully saturated rings. The van der Waals surface area contributed by atoms with E-state index < -0.39 is 11.9 Å². The van der Waals surface area contributed by atoms with Crippen molar-refractivity contribution in [3.8, 4) is 23.3 Å². The first-order chi connectivity index (χ1) is 16.4. The zero-order chi connectivity index (χ0) is 24.2. The van der Waals surface area contributed by atoms with Gasteiger partial charge in [0.1, 0.15) is 28.9 Å². The average Bonchev–Trinajstić information content (AvgIpc) is 2.82. The van der Waals surface area contributed by atoms with E-state index in [1.807, 2.05) is 36.4 Å². The minimum absolute atomic E-state index is 0.00312. The Morgan fingerprint density at radius 3 is 2.53 bits per heavy atom. The zero-order valence-electron chi connectivity index (χ0n) is 18.7. The number of nitrogens with two attached hydrogens (primary N) is 1. The van der Waals surface area contributed by atoms with Crippen molar-refractivity contribution in [2.24, 2.45) is 5.73 Å². The van der Waals surface area contributed by atoms with Crippen molar-refractivity contribution >= 4 is 17.6 Å². The van der Waals surface area contributed by atoms with Crippen LogP contribution < -0.4 is 19.9 Å². The number of ether oxygens (including phenoxy) is 3. The first kappa shape index (κ1) is 23.2. The van der Waals surface area contributed by atoms with Gasteiger partial charge in [0, 0.05) is 16.7 Å². The third-order valence-electron chi connectivity index (χ3n) is 5.51. The van der Waals surface area contributed by atoms with E-state index in [1.54, 1.807) is 30.3 Å². The maximum absolute atomic E-state index is 12.3. The fourth-order valence-corrected chi connectivity index (χ4v) is 3.98. The van der Waals surface area contributed by atoms with Crippen molar-refractivity contribution in [3.05, 3.63) is 99.9 Å². The summed E-state index contributed by atoms with van der Waals surface area (Å²) in [7, 11) is 0. The summed E-state index contributed by atoms with van der Waals surface area (Å²) in [5, 5.41) is 10.2. The number of nitriles is 1. The van der Waals surface area contributed by atoms with E-state index in [0.29, 0.717) is 28.0 Å². The summed E-state index contributed by atoms with van der Waals surface area (Å²) < 4.78 is 16.6. The van der Waals surface area contributed by atoms with Crippen LogP contribution in [0.5, 0.6) is 17.2 Å². The number of carbonyl (C=O) groups is 1. The zero-order valence-corrected chi connectivity index (χ0v) is 19.5. The Kier molecular flexibility index (Phi) is 6.76. The molecule has 1 aliphatic rings. The maximum Gasteiger partial charge on any atom is 0.349 e. The molecule has 0 amide bonds. The highest BCUT2D eigenvalue weighted by Gasteiger charge is 2.31. The number of allylic oxidation sites excluding steroid dienone is 1. The molecule has 0 saturated carbocycles. The molecule has 1 unspecified atom stereocenters. The quantitative estimate of drug-likeness (QED) is 0.365. The van der Waals surface area contributed by atoms with Crippen molar-refractivity contribution in [1.29, 1.82) is 5.26 Å². The largest absolute Gasteiger partial charge is 0.482 e. The second kappa shape index (κ2) is 9.90. The van der Waals surface area contributed by atoms with E-state index in [1.165, 1.54) is 5.56 Å². The van der Waals surface area contributed by atoms with E-state index in [4.69, 9.17) is 31.5 Å². The molecule has 0 aliphatic carbocycles. The first-order valence-corrected chi connectivity index (χ1v) is 11.1. The lowest BCUT2D eigenvalue weighted by Crippen LogP contribution is -2.21. The van der Waals surface area contributed by atoms with Gasteiger partial charge in [0.15, 0.2) is 6.61 Å². The maximum atomic E-state index is 12.3. The van der Waals surface area contributed by atoms with Crippen LogP contribution in [0.3, 0.4) is 0 Å². The van der Waals surface area contributed by atoms with Gasteiger partial charge in [-0.2, -0.15) is 5.26 Å². The number of carbonyl (C=O) groups excluding carboxylic acids is 1. The summed E-state index contributed by atoms with van der Waals surface area (Å²) in [6.45, 7) is 3.97. The smallest absolute Gasteiger partial charge is 0.349 e. The van der Waals surface area contributed by atoms with Gasteiger partial charge in [0.05, 0.1) is 5.92 Å². The third kappa shape index (κ3) is 5.00. The molecule has 2 N–H and O–H groups in total. The molecular formula is C27H23ClN2O4. The molecule has 0 saturated heterocycles. The average molecular weight is 475 g/mol. The monoisotopic (exact) mass is 474 g/mol.